The quantitative estimate of drug-likeness (QED) is 0.844. The lowest BCUT2D eigenvalue weighted by Gasteiger charge is -2.15. The van der Waals surface area contributed by atoms with Gasteiger partial charge < -0.3 is 10.4 Å². The van der Waals surface area contributed by atoms with Gasteiger partial charge in [0.15, 0.2) is 0 Å². The first-order chi connectivity index (χ1) is 12.7. The molecule has 3 rings (SSSR count). The molecule has 2 heterocycles. The van der Waals surface area contributed by atoms with Crippen LogP contribution in [0.25, 0.3) is 5.69 Å². The number of hydrogen-bond acceptors (Lipinski definition) is 4. The van der Waals surface area contributed by atoms with E-state index in [0.717, 1.165) is 11.4 Å². The van der Waals surface area contributed by atoms with E-state index < -0.39 is 5.97 Å². The first-order valence-corrected chi connectivity index (χ1v) is 9.15. The van der Waals surface area contributed by atoms with Crippen molar-refractivity contribution >= 4 is 17.7 Å². The Labute approximate surface area is 159 Å². The number of rotatable bonds is 5. The van der Waals surface area contributed by atoms with E-state index in [1.165, 1.54) is 0 Å². The maximum absolute atomic E-state index is 12.5. The molecule has 2 aromatic rings. The number of carboxylic acids is 1. The van der Waals surface area contributed by atoms with E-state index in [4.69, 9.17) is 5.11 Å². The summed E-state index contributed by atoms with van der Waals surface area (Å²) in [5.74, 6) is -0.737. The Balaban J connectivity index is 1.76. The molecule has 0 bridgehead atoms. The van der Waals surface area contributed by atoms with Crippen molar-refractivity contribution < 1.29 is 14.7 Å². The third kappa shape index (κ3) is 4.54. The molecule has 0 radical (unpaired) electrons. The lowest BCUT2D eigenvalue weighted by atomic mass is 9.92. The number of carbonyl (C=O) groups is 2. The highest BCUT2D eigenvalue weighted by Crippen LogP contribution is 2.26. The zero-order chi connectivity index (χ0) is 19.6. The summed E-state index contributed by atoms with van der Waals surface area (Å²) in [6, 6.07) is 11.6. The summed E-state index contributed by atoms with van der Waals surface area (Å²) in [6.07, 6.45) is 0.582. The van der Waals surface area contributed by atoms with Crippen LogP contribution in [0.2, 0.25) is 0 Å². The van der Waals surface area contributed by atoms with Crippen molar-refractivity contribution in [1.29, 1.82) is 0 Å². The van der Waals surface area contributed by atoms with Gasteiger partial charge >= 0.3 is 5.97 Å². The third-order valence-corrected chi connectivity index (χ3v) is 4.73. The zero-order valence-electron chi connectivity index (χ0n) is 16.0. The van der Waals surface area contributed by atoms with E-state index in [2.05, 4.69) is 31.2 Å². The number of amides is 1. The van der Waals surface area contributed by atoms with Gasteiger partial charge in [0.1, 0.15) is 5.82 Å². The van der Waals surface area contributed by atoms with Gasteiger partial charge in [-0.05, 0) is 25.1 Å². The smallest absolute Gasteiger partial charge is 0.307 e. The molecule has 1 saturated heterocycles. The summed E-state index contributed by atoms with van der Waals surface area (Å²) in [6.45, 7) is 7.43. The summed E-state index contributed by atoms with van der Waals surface area (Å²) in [5, 5.41) is 16.7. The Morgan fingerprint density at radius 3 is 2.56 bits per heavy atom. The maximum Gasteiger partial charge on any atom is 0.307 e. The van der Waals surface area contributed by atoms with Crippen molar-refractivity contribution in [3.63, 3.8) is 0 Å². The number of anilines is 1. The van der Waals surface area contributed by atoms with Gasteiger partial charge in [0.05, 0.1) is 23.8 Å². The maximum atomic E-state index is 12.5. The van der Waals surface area contributed by atoms with Gasteiger partial charge in [-0.15, -0.1) is 0 Å². The van der Waals surface area contributed by atoms with Gasteiger partial charge in [-0.2, -0.15) is 5.10 Å². The van der Waals surface area contributed by atoms with E-state index in [1.807, 2.05) is 41.3 Å². The van der Waals surface area contributed by atoms with Crippen LogP contribution in [-0.2, 0) is 15.0 Å². The van der Waals surface area contributed by atoms with Crippen LogP contribution in [0.3, 0.4) is 0 Å². The van der Waals surface area contributed by atoms with Crippen molar-refractivity contribution in [2.45, 2.75) is 32.6 Å². The lowest BCUT2D eigenvalue weighted by Crippen LogP contribution is -2.32. The molecule has 7 nitrogen and oxygen atoms in total. The predicted molar refractivity (Wildman–Crippen MR) is 103 cm³/mol. The van der Waals surface area contributed by atoms with Gasteiger partial charge in [0.25, 0.3) is 0 Å². The first-order valence-electron chi connectivity index (χ1n) is 9.15. The monoisotopic (exact) mass is 370 g/mol. The van der Waals surface area contributed by atoms with E-state index in [1.54, 1.807) is 4.68 Å². The fourth-order valence-corrected chi connectivity index (χ4v) is 3.17. The minimum atomic E-state index is -0.796. The average molecular weight is 370 g/mol. The molecule has 1 amide bonds. The Kier molecular flexibility index (Phi) is 5.32. The normalized spacial score (nSPS) is 17.8. The molecule has 144 valence electrons. The first kappa shape index (κ1) is 19.1. The SMILES string of the molecule is CC(C)(C)c1cc(NC(=O)CN2CCC(C(=O)O)C2)n(-c2ccccc2)n1. The molecule has 0 aliphatic carbocycles. The molecule has 1 aliphatic rings. The molecule has 0 saturated carbocycles. The molecule has 0 spiro atoms. The van der Waals surface area contributed by atoms with Crippen LogP contribution < -0.4 is 5.32 Å². The predicted octanol–water partition coefficient (Wildman–Crippen LogP) is 2.51. The van der Waals surface area contributed by atoms with Crippen molar-refractivity contribution in [2.24, 2.45) is 5.92 Å². The Morgan fingerprint density at radius 2 is 1.96 bits per heavy atom. The molecular weight excluding hydrogens is 344 g/mol. The fourth-order valence-electron chi connectivity index (χ4n) is 3.17. The second-order valence-electron chi connectivity index (χ2n) is 8.02. The van der Waals surface area contributed by atoms with Crippen LogP contribution in [0.1, 0.15) is 32.9 Å². The number of hydrogen-bond donors (Lipinski definition) is 2. The van der Waals surface area contributed by atoms with E-state index in [-0.39, 0.29) is 23.8 Å². The van der Waals surface area contributed by atoms with E-state index in [9.17, 15) is 9.59 Å². The summed E-state index contributed by atoms with van der Waals surface area (Å²) in [4.78, 5) is 25.5. The number of aliphatic carboxylic acids is 1. The fraction of sp³-hybridized carbons (Fsp3) is 0.450. The summed E-state index contributed by atoms with van der Waals surface area (Å²) in [7, 11) is 0. The van der Waals surface area contributed by atoms with Crippen LogP contribution in [0.15, 0.2) is 36.4 Å². The number of carboxylic acid groups (broad SMARTS) is 1. The third-order valence-electron chi connectivity index (χ3n) is 4.73. The van der Waals surface area contributed by atoms with Gasteiger partial charge in [0.2, 0.25) is 5.91 Å². The summed E-state index contributed by atoms with van der Waals surface area (Å²) >= 11 is 0. The van der Waals surface area contributed by atoms with Gasteiger partial charge in [-0.25, -0.2) is 4.68 Å². The number of likely N-dealkylation sites (tertiary alicyclic amines) is 1. The van der Waals surface area contributed by atoms with Crippen molar-refractivity contribution in [3.8, 4) is 5.69 Å². The number of benzene rings is 1. The highest BCUT2D eigenvalue weighted by molar-refractivity contribution is 5.92. The van der Waals surface area contributed by atoms with Crippen molar-refractivity contribution in [3.05, 3.63) is 42.1 Å². The standard InChI is InChI=1S/C20H26N4O3/c1-20(2,3)16-11-17(24(22-16)15-7-5-4-6-8-15)21-18(25)13-23-10-9-14(12-23)19(26)27/h4-8,11,14H,9-10,12-13H2,1-3H3,(H,21,25)(H,26,27). The number of carbonyl (C=O) groups excluding carboxylic acids is 1. The molecule has 1 aromatic carbocycles. The van der Waals surface area contributed by atoms with Gasteiger partial charge in [-0.1, -0.05) is 39.0 Å². The Bertz CT molecular complexity index is 823. The summed E-state index contributed by atoms with van der Waals surface area (Å²) in [5.41, 5.74) is 1.60. The Hall–Kier alpha value is -2.67. The largest absolute Gasteiger partial charge is 0.481 e. The molecule has 2 N–H and O–H groups in total. The number of aromatic nitrogens is 2. The van der Waals surface area contributed by atoms with Gasteiger partial charge in [0, 0.05) is 18.0 Å². The minimum absolute atomic E-state index is 0.150. The van der Waals surface area contributed by atoms with Crippen LogP contribution >= 0.6 is 0 Å². The molecule has 1 fully saturated rings. The molecule has 1 aromatic heterocycles. The van der Waals surface area contributed by atoms with Crippen molar-refractivity contribution in [2.75, 3.05) is 25.0 Å². The van der Waals surface area contributed by atoms with Gasteiger partial charge in [-0.3, -0.25) is 14.5 Å². The molecule has 1 aliphatic heterocycles. The highest BCUT2D eigenvalue weighted by atomic mass is 16.4. The topological polar surface area (TPSA) is 87.5 Å². The number of para-hydroxylation sites is 1. The van der Waals surface area contributed by atoms with E-state index in [0.29, 0.717) is 25.3 Å². The van der Waals surface area contributed by atoms with Crippen LogP contribution in [0.4, 0.5) is 5.82 Å². The Morgan fingerprint density at radius 1 is 1.26 bits per heavy atom. The average Bonchev–Trinajstić information content (AvgIpc) is 3.22. The van der Waals surface area contributed by atoms with Crippen LogP contribution in [-0.4, -0.2) is 51.3 Å². The van der Waals surface area contributed by atoms with E-state index >= 15 is 0 Å². The molecule has 1 unspecified atom stereocenters. The van der Waals surface area contributed by atoms with Crippen LogP contribution in [0.5, 0.6) is 0 Å². The molecule has 7 heteroatoms. The summed E-state index contributed by atoms with van der Waals surface area (Å²) < 4.78 is 1.74. The minimum Gasteiger partial charge on any atom is -0.481 e. The highest BCUT2D eigenvalue weighted by Gasteiger charge is 2.29. The molecule has 1 atom stereocenters. The number of nitrogens with zero attached hydrogens (tertiary/aromatic N) is 3. The number of nitrogens with one attached hydrogen (secondary N) is 1. The lowest BCUT2D eigenvalue weighted by molar-refractivity contribution is -0.141. The second-order valence-corrected chi connectivity index (χ2v) is 8.02. The van der Waals surface area contributed by atoms with Crippen molar-refractivity contribution in [1.82, 2.24) is 14.7 Å². The van der Waals surface area contributed by atoms with Crippen LogP contribution in [0, 0.1) is 5.92 Å². The zero-order valence-corrected chi connectivity index (χ0v) is 16.0. The second kappa shape index (κ2) is 7.52. The molecular formula is C20H26N4O3. The molecule has 27 heavy (non-hydrogen) atoms.